The third kappa shape index (κ3) is 2.39. The van der Waals surface area contributed by atoms with Crippen molar-refractivity contribution in [3.05, 3.63) is 24.3 Å². The molecule has 5 nitrogen and oxygen atoms in total. The van der Waals surface area contributed by atoms with E-state index in [-0.39, 0.29) is 11.8 Å². The Balaban J connectivity index is 1.76. The van der Waals surface area contributed by atoms with Crippen molar-refractivity contribution in [3.8, 4) is 0 Å². The van der Waals surface area contributed by atoms with E-state index in [0.29, 0.717) is 24.9 Å². The van der Waals surface area contributed by atoms with Crippen molar-refractivity contribution in [1.29, 1.82) is 0 Å². The van der Waals surface area contributed by atoms with Gasteiger partial charge in [0, 0.05) is 13.1 Å². The predicted molar refractivity (Wildman–Crippen MR) is 84.6 cm³/mol. The predicted octanol–water partition coefficient (Wildman–Crippen LogP) is 1.51. The fourth-order valence-corrected chi connectivity index (χ4v) is 3.09. The van der Waals surface area contributed by atoms with Gasteiger partial charge < -0.3 is 15.5 Å². The molecule has 0 spiro atoms. The van der Waals surface area contributed by atoms with Gasteiger partial charge in [-0.1, -0.05) is 12.1 Å². The monoisotopic (exact) mass is 299 g/mol. The standard InChI is InChI=1S/C17H21N3O2/c18-15-16(21)19(9-11-5-6-11)13-3-1-2-4-14(13)20(17(15)22)10-12-7-8-12/h1-4,11-12,15H,5-10,18H2/i21+0,22+0. The number of hydrogen-bond donors (Lipinski definition) is 1. The second kappa shape index (κ2) is 5.09. The Morgan fingerprint density at radius 2 is 1.27 bits per heavy atom. The summed E-state index contributed by atoms with van der Waals surface area (Å²) in [5.41, 5.74) is 7.66. The normalized spacial score (nSPS) is 22.8. The average molecular weight is 299 g/mol. The molecule has 22 heavy (non-hydrogen) atoms. The van der Waals surface area contributed by atoms with Crippen LogP contribution in [0.15, 0.2) is 24.3 Å². The van der Waals surface area contributed by atoms with E-state index >= 15 is 0 Å². The van der Waals surface area contributed by atoms with E-state index in [4.69, 9.17) is 5.73 Å². The van der Waals surface area contributed by atoms with Crippen LogP contribution in [-0.2, 0) is 9.59 Å². The second-order valence-electron chi connectivity index (χ2n) is 6.75. The van der Waals surface area contributed by atoms with Crippen LogP contribution in [0.1, 0.15) is 25.7 Å². The van der Waals surface area contributed by atoms with Gasteiger partial charge in [-0.15, -0.1) is 0 Å². The van der Waals surface area contributed by atoms with E-state index in [1.807, 2.05) is 24.3 Å². The average Bonchev–Trinajstić information content (AvgIpc) is 3.43. The molecular weight excluding hydrogens is 278 g/mol. The van der Waals surface area contributed by atoms with Crippen LogP contribution in [-0.4, -0.2) is 30.9 Å². The van der Waals surface area contributed by atoms with E-state index < -0.39 is 6.04 Å². The smallest absolute Gasteiger partial charge is 0.253 e. The van der Waals surface area contributed by atoms with Crippen LogP contribution in [0.25, 0.3) is 0 Å². The molecule has 1 heterocycles. The number of nitrogens with zero attached hydrogens (tertiary/aromatic N) is 2. The van der Waals surface area contributed by atoms with Gasteiger partial charge in [0.1, 0.15) is 0 Å². The summed E-state index contributed by atoms with van der Waals surface area (Å²) >= 11 is 0. The first kappa shape index (κ1) is 13.8. The molecule has 4 rings (SSSR count). The Morgan fingerprint density at radius 1 is 0.864 bits per heavy atom. The van der Waals surface area contributed by atoms with Gasteiger partial charge in [-0.25, -0.2) is 0 Å². The number of rotatable bonds is 4. The summed E-state index contributed by atoms with van der Waals surface area (Å²) in [4.78, 5) is 28.8. The number of anilines is 2. The van der Waals surface area contributed by atoms with Crippen molar-refractivity contribution < 1.29 is 9.59 Å². The van der Waals surface area contributed by atoms with Gasteiger partial charge in [0.2, 0.25) is 0 Å². The zero-order valence-electron chi connectivity index (χ0n) is 12.6. The summed E-state index contributed by atoms with van der Waals surface area (Å²) < 4.78 is 0. The van der Waals surface area contributed by atoms with Gasteiger partial charge >= 0.3 is 0 Å². The highest BCUT2D eigenvalue weighted by Crippen LogP contribution is 2.39. The van der Waals surface area contributed by atoms with E-state index in [1.54, 1.807) is 9.80 Å². The van der Waals surface area contributed by atoms with Crippen LogP contribution in [0.5, 0.6) is 0 Å². The number of amides is 2. The Morgan fingerprint density at radius 3 is 1.64 bits per heavy atom. The molecule has 2 saturated carbocycles. The minimum absolute atomic E-state index is 0.261. The van der Waals surface area contributed by atoms with Gasteiger partial charge in [0.15, 0.2) is 6.04 Å². The largest absolute Gasteiger partial charge is 0.312 e. The number of carbonyl (C=O) groups is 2. The number of fused-ring (bicyclic) bond motifs is 1. The highest BCUT2D eigenvalue weighted by Gasteiger charge is 2.41. The summed E-state index contributed by atoms with van der Waals surface area (Å²) in [5.74, 6) is 0.578. The van der Waals surface area contributed by atoms with Crippen molar-refractivity contribution in [2.45, 2.75) is 31.7 Å². The first-order valence-corrected chi connectivity index (χ1v) is 8.12. The first-order chi connectivity index (χ1) is 10.6. The number of para-hydroxylation sites is 2. The van der Waals surface area contributed by atoms with E-state index in [1.165, 1.54) is 0 Å². The van der Waals surface area contributed by atoms with Crippen LogP contribution in [0.4, 0.5) is 11.4 Å². The lowest BCUT2D eigenvalue weighted by Gasteiger charge is -2.25. The molecule has 2 aliphatic carbocycles. The highest BCUT2D eigenvalue weighted by molar-refractivity contribution is 6.20. The van der Waals surface area contributed by atoms with E-state index in [0.717, 1.165) is 37.1 Å². The third-order valence-electron chi connectivity index (χ3n) is 4.80. The van der Waals surface area contributed by atoms with Crippen LogP contribution in [0, 0.1) is 11.8 Å². The van der Waals surface area contributed by atoms with Gasteiger partial charge in [0.05, 0.1) is 11.4 Å². The maximum absolute atomic E-state index is 12.7. The summed E-state index contributed by atoms with van der Waals surface area (Å²) in [5, 5.41) is 0. The maximum Gasteiger partial charge on any atom is 0.253 e. The van der Waals surface area contributed by atoms with Crippen LogP contribution < -0.4 is 15.5 Å². The molecule has 5 heteroatoms. The van der Waals surface area contributed by atoms with Crippen molar-refractivity contribution in [3.63, 3.8) is 0 Å². The molecule has 1 aromatic rings. The van der Waals surface area contributed by atoms with Crippen LogP contribution in [0.2, 0.25) is 0 Å². The van der Waals surface area contributed by atoms with E-state index in [9.17, 15) is 9.59 Å². The van der Waals surface area contributed by atoms with Gasteiger partial charge in [-0.05, 0) is 49.7 Å². The van der Waals surface area contributed by atoms with Crippen molar-refractivity contribution in [2.24, 2.45) is 17.6 Å². The topological polar surface area (TPSA) is 66.6 Å². The first-order valence-electron chi connectivity index (χ1n) is 8.12. The van der Waals surface area contributed by atoms with Crippen molar-refractivity contribution >= 4 is 23.2 Å². The molecule has 1 aromatic carbocycles. The molecule has 1 aliphatic heterocycles. The van der Waals surface area contributed by atoms with E-state index in [2.05, 4.69) is 0 Å². The molecule has 2 N–H and O–H groups in total. The van der Waals surface area contributed by atoms with Crippen LogP contribution >= 0.6 is 0 Å². The molecular formula is C17H21N3O2. The zero-order valence-corrected chi connectivity index (χ0v) is 12.6. The number of nitrogens with two attached hydrogens (primary N) is 1. The third-order valence-corrected chi connectivity index (χ3v) is 4.80. The molecule has 116 valence electrons. The number of carbonyl (C=O) groups excluding carboxylic acids is 2. The lowest BCUT2D eigenvalue weighted by Crippen LogP contribution is -2.52. The second-order valence-corrected chi connectivity index (χ2v) is 6.75. The van der Waals surface area contributed by atoms with Crippen molar-refractivity contribution in [2.75, 3.05) is 22.9 Å². The summed E-state index contributed by atoms with van der Waals surface area (Å²) in [6.07, 6.45) is 4.61. The Kier molecular flexibility index (Phi) is 3.18. The summed E-state index contributed by atoms with van der Waals surface area (Å²) in [7, 11) is 0. The molecule has 2 fully saturated rings. The molecule has 0 radical (unpaired) electrons. The lowest BCUT2D eigenvalue weighted by atomic mass is 10.2. The summed E-state index contributed by atoms with van der Waals surface area (Å²) in [6, 6.07) is 6.62. The van der Waals surface area contributed by atoms with Crippen LogP contribution in [0.3, 0.4) is 0 Å². The molecule has 3 aliphatic rings. The number of hydrogen-bond acceptors (Lipinski definition) is 3. The molecule has 0 aromatic heterocycles. The lowest BCUT2D eigenvalue weighted by molar-refractivity contribution is -0.128. The molecule has 0 saturated heterocycles. The molecule has 2 amide bonds. The Bertz CT molecular complexity index is 569. The number of benzene rings is 1. The van der Waals surface area contributed by atoms with Crippen molar-refractivity contribution in [1.82, 2.24) is 0 Å². The molecule has 0 atom stereocenters. The summed E-state index contributed by atoms with van der Waals surface area (Å²) in [6.45, 7) is 1.35. The fraction of sp³-hybridized carbons (Fsp3) is 0.529. The SMILES string of the molecule is NC1C(=[16O])N(CC2CC2)c2ccccc2N(CC2CC2)C1=[16O]. The molecule has 0 unspecified atom stereocenters. The Hall–Kier alpha value is -1.88. The highest BCUT2D eigenvalue weighted by atomic mass is 16.2. The van der Waals surface area contributed by atoms with Gasteiger partial charge in [0.25, 0.3) is 11.8 Å². The minimum atomic E-state index is -1.08. The van der Waals surface area contributed by atoms with Gasteiger partial charge in [-0.3, -0.25) is 9.59 Å². The zero-order chi connectivity index (χ0) is 15.3. The maximum atomic E-state index is 12.7. The fourth-order valence-electron chi connectivity index (χ4n) is 3.09. The van der Waals surface area contributed by atoms with Gasteiger partial charge in [-0.2, -0.15) is 0 Å². The molecule has 0 bridgehead atoms. The minimum Gasteiger partial charge on any atom is -0.312 e. The quantitative estimate of drug-likeness (QED) is 0.857. The Labute approximate surface area is 130 Å².